The number of anilines is 1. The van der Waals surface area contributed by atoms with E-state index in [-0.39, 0.29) is 23.7 Å². The first-order valence-electron chi connectivity index (χ1n) is 8.41. The molecule has 126 valence electrons. The number of rotatable bonds is 6. The van der Waals surface area contributed by atoms with Crippen LogP contribution in [0.25, 0.3) is 0 Å². The molecule has 2 atom stereocenters. The van der Waals surface area contributed by atoms with Crippen LogP contribution in [0.4, 0.5) is 5.69 Å². The number of carbonyl (C=O) groups excluding carboxylic acids is 2. The summed E-state index contributed by atoms with van der Waals surface area (Å²) < 4.78 is 0. The van der Waals surface area contributed by atoms with Gasteiger partial charge in [0.05, 0.1) is 5.92 Å². The van der Waals surface area contributed by atoms with Crippen molar-refractivity contribution in [3.63, 3.8) is 0 Å². The lowest BCUT2D eigenvalue weighted by Gasteiger charge is -2.31. The maximum absolute atomic E-state index is 12.1. The summed E-state index contributed by atoms with van der Waals surface area (Å²) in [5.41, 5.74) is 7.38. The van der Waals surface area contributed by atoms with Crippen molar-refractivity contribution in [1.82, 2.24) is 4.90 Å². The van der Waals surface area contributed by atoms with Crippen molar-refractivity contribution in [1.29, 1.82) is 0 Å². The molecule has 1 aromatic carbocycles. The normalized spacial score (nSPS) is 20.0. The number of piperidine rings is 1. The van der Waals surface area contributed by atoms with Crippen molar-refractivity contribution in [2.75, 3.05) is 18.4 Å². The molecule has 23 heavy (non-hydrogen) atoms. The van der Waals surface area contributed by atoms with Crippen molar-refractivity contribution < 1.29 is 9.59 Å². The van der Waals surface area contributed by atoms with Crippen molar-refractivity contribution in [3.05, 3.63) is 29.8 Å². The molecule has 5 nitrogen and oxygen atoms in total. The Kier molecular flexibility index (Phi) is 6.16. The molecule has 1 aliphatic heterocycles. The molecule has 0 radical (unpaired) electrons. The zero-order chi connectivity index (χ0) is 16.8. The molecule has 0 aliphatic carbocycles. The summed E-state index contributed by atoms with van der Waals surface area (Å²) >= 11 is 0. The van der Waals surface area contributed by atoms with Crippen LogP contribution in [0.15, 0.2) is 24.3 Å². The topological polar surface area (TPSA) is 75.4 Å². The third-order valence-corrected chi connectivity index (χ3v) is 4.64. The van der Waals surface area contributed by atoms with Crippen LogP contribution in [0.3, 0.4) is 0 Å². The van der Waals surface area contributed by atoms with E-state index in [2.05, 4.69) is 10.2 Å². The monoisotopic (exact) mass is 317 g/mol. The molecule has 1 heterocycles. The molecular formula is C18H27N3O2. The molecule has 0 bridgehead atoms. The van der Waals surface area contributed by atoms with Crippen LogP contribution in [0.5, 0.6) is 0 Å². The van der Waals surface area contributed by atoms with Gasteiger partial charge in [-0.25, -0.2) is 0 Å². The Morgan fingerprint density at radius 2 is 2.13 bits per heavy atom. The van der Waals surface area contributed by atoms with Gasteiger partial charge in [-0.2, -0.15) is 0 Å². The van der Waals surface area contributed by atoms with Gasteiger partial charge in [-0.3, -0.25) is 14.5 Å². The van der Waals surface area contributed by atoms with Crippen molar-refractivity contribution in [2.24, 2.45) is 17.6 Å². The van der Waals surface area contributed by atoms with Gasteiger partial charge in [0.15, 0.2) is 0 Å². The summed E-state index contributed by atoms with van der Waals surface area (Å²) in [7, 11) is 0. The number of hydrogen-bond donors (Lipinski definition) is 2. The van der Waals surface area contributed by atoms with E-state index in [0.29, 0.717) is 6.54 Å². The smallest absolute Gasteiger partial charge is 0.227 e. The van der Waals surface area contributed by atoms with E-state index in [9.17, 15) is 9.59 Å². The van der Waals surface area contributed by atoms with Crippen molar-refractivity contribution in [2.45, 2.75) is 39.7 Å². The first-order chi connectivity index (χ1) is 11.0. The quantitative estimate of drug-likeness (QED) is 0.846. The molecule has 1 saturated heterocycles. The Labute approximate surface area is 138 Å². The van der Waals surface area contributed by atoms with Crippen molar-refractivity contribution >= 4 is 17.5 Å². The second kappa shape index (κ2) is 8.11. The zero-order valence-corrected chi connectivity index (χ0v) is 14.0. The van der Waals surface area contributed by atoms with Gasteiger partial charge in [-0.15, -0.1) is 0 Å². The van der Waals surface area contributed by atoms with E-state index in [1.54, 1.807) is 0 Å². The summed E-state index contributed by atoms with van der Waals surface area (Å²) in [5.74, 6) is -0.232. The number of hydrogen-bond acceptors (Lipinski definition) is 3. The molecule has 0 saturated carbocycles. The third-order valence-electron chi connectivity index (χ3n) is 4.64. The average Bonchev–Trinajstić information content (AvgIpc) is 2.56. The van der Waals surface area contributed by atoms with Gasteiger partial charge in [0.2, 0.25) is 11.8 Å². The highest BCUT2D eigenvalue weighted by Crippen LogP contribution is 2.22. The lowest BCUT2D eigenvalue weighted by atomic mass is 9.97. The van der Waals surface area contributed by atoms with E-state index >= 15 is 0 Å². The van der Waals surface area contributed by atoms with Crippen LogP contribution in [0.1, 0.15) is 38.7 Å². The van der Waals surface area contributed by atoms with E-state index in [1.165, 1.54) is 0 Å². The second-order valence-corrected chi connectivity index (χ2v) is 6.43. The highest BCUT2D eigenvalue weighted by molar-refractivity contribution is 5.93. The average molecular weight is 317 g/mol. The third kappa shape index (κ3) is 4.79. The minimum atomic E-state index is -0.215. The van der Waals surface area contributed by atoms with Gasteiger partial charge in [-0.05, 0) is 37.4 Å². The second-order valence-electron chi connectivity index (χ2n) is 6.43. The SMILES string of the molecule is CC[C@@H](C)C(=O)Nc1ccccc1CN1CCC[C@H](C(N)=O)C1. The molecule has 1 aromatic rings. The van der Waals surface area contributed by atoms with Crippen LogP contribution < -0.4 is 11.1 Å². The molecule has 5 heteroatoms. The van der Waals surface area contributed by atoms with E-state index in [0.717, 1.165) is 43.6 Å². The van der Waals surface area contributed by atoms with Crippen molar-refractivity contribution in [3.8, 4) is 0 Å². The predicted molar refractivity (Wildman–Crippen MR) is 91.7 cm³/mol. The van der Waals surface area contributed by atoms with Crippen LogP contribution in [0.2, 0.25) is 0 Å². The summed E-state index contributed by atoms with van der Waals surface area (Å²) in [6, 6.07) is 7.87. The maximum atomic E-state index is 12.1. The molecule has 0 unspecified atom stereocenters. The highest BCUT2D eigenvalue weighted by atomic mass is 16.2. The Bertz CT molecular complexity index is 559. The van der Waals surface area contributed by atoms with E-state index in [4.69, 9.17) is 5.73 Å². The number of para-hydroxylation sites is 1. The first kappa shape index (κ1) is 17.5. The van der Waals surface area contributed by atoms with Gasteiger partial charge in [0.1, 0.15) is 0 Å². The number of carbonyl (C=O) groups is 2. The summed E-state index contributed by atoms with van der Waals surface area (Å²) in [5, 5.41) is 3.03. The Balaban J connectivity index is 2.05. The Morgan fingerprint density at radius 1 is 1.39 bits per heavy atom. The Hall–Kier alpha value is -1.88. The molecule has 1 aliphatic rings. The number of amides is 2. The molecule has 3 N–H and O–H groups in total. The Morgan fingerprint density at radius 3 is 2.83 bits per heavy atom. The van der Waals surface area contributed by atoms with E-state index in [1.807, 2.05) is 38.1 Å². The fraction of sp³-hybridized carbons (Fsp3) is 0.556. The number of nitrogens with zero attached hydrogens (tertiary/aromatic N) is 1. The van der Waals surface area contributed by atoms with E-state index < -0.39 is 0 Å². The standard InChI is InChI=1S/C18H27N3O2/c1-3-13(2)18(23)20-16-9-5-4-7-14(16)11-21-10-6-8-15(12-21)17(19)22/h4-5,7,9,13,15H,3,6,8,10-12H2,1-2H3,(H2,19,22)(H,20,23)/t13-,15+/m1/s1. The van der Waals surface area contributed by atoms with Gasteiger partial charge >= 0.3 is 0 Å². The van der Waals surface area contributed by atoms with Crippen LogP contribution in [-0.4, -0.2) is 29.8 Å². The lowest BCUT2D eigenvalue weighted by molar-refractivity contribution is -0.123. The molecule has 0 spiro atoms. The number of nitrogens with two attached hydrogens (primary N) is 1. The molecule has 2 rings (SSSR count). The number of primary amides is 1. The summed E-state index contributed by atoms with van der Waals surface area (Å²) in [6.07, 6.45) is 2.67. The van der Waals surface area contributed by atoms with Gasteiger partial charge in [-0.1, -0.05) is 32.0 Å². The molecular weight excluding hydrogens is 290 g/mol. The molecule has 2 amide bonds. The van der Waals surface area contributed by atoms with Gasteiger partial charge in [0.25, 0.3) is 0 Å². The minimum absolute atomic E-state index is 0.00251. The lowest BCUT2D eigenvalue weighted by Crippen LogP contribution is -2.40. The predicted octanol–water partition coefficient (Wildman–Crippen LogP) is 2.37. The molecule has 0 aromatic heterocycles. The summed E-state index contributed by atoms with van der Waals surface area (Å²) in [6.45, 7) is 6.31. The summed E-state index contributed by atoms with van der Waals surface area (Å²) in [4.78, 5) is 25.8. The fourth-order valence-corrected chi connectivity index (χ4v) is 2.89. The largest absolute Gasteiger partial charge is 0.369 e. The fourth-order valence-electron chi connectivity index (χ4n) is 2.89. The first-order valence-corrected chi connectivity index (χ1v) is 8.41. The number of benzene rings is 1. The highest BCUT2D eigenvalue weighted by Gasteiger charge is 2.24. The van der Waals surface area contributed by atoms with Crippen LogP contribution in [0, 0.1) is 11.8 Å². The van der Waals surface area contributed by atoms with Gasteiger partial charge < -0.3 is 11.1 Å². The number of likely N-dealkylation sites (tertiary alicyclic amines) is 1. The van der Waals surface area contributed by atoms with Crippen LogP contribution >= 0.6 is 0 Å². The minimum Gasteiger partial charge on any atom is -0.369 e. The number of nitrogens with one attached hydrogen (secondary N) is 1. The molecule has 1 fully saturated rings. The van der Waals surface area contributed by atoms with Crippen LogP contribution in [-0.2, 0) is 16.1 Å². The zero-order valence-electron chi connectivity index (χ0n) is 14.0. The maximum Gasteiger partial charge on any atom is 0.227 e. The van der Waals surface area contributed by atoms with Gasteiger partial charge in [0, 0.05) is 24.7 Å².